The summed E-state index contributed by atoms with van der Waals surface area (Å²) in [5, 5.41) is 0. The molecule has 0 amide bonds. The van der Waals surface area contributed by atoms with Crippen LogP contribution in [0.4, 0.5) is 11.4 Å². The Morgan fingerprint density at radius 3 is 2.35 bits per heavy atom. The van der Waals surface area contributed by atoms with Crippen molar-refractivity contribution >= 4 is 17.3 Å². The maximum absolute atomic E-state index is 13.1. The molecule has 286 valence electrons. The minimum Gasteiger partial charge on any atom is -0.488 e. The second kappa shape index (κ2) is 16.0. The number of rotatable bonds is 12. The van der Waals surface area contributed by atoms with Crippen LogP contribution >= 0.6 is 0 Å². The number of hydrogen-bond donors (Lipinski definition) is 2. The van der Waals surface area contributed by atoms with E-state index in [0.717, 1.165) is 54.6 Å². The number of unbranched alkanes of at least 4 members (excludes halogenated alkanes) is 2. The number of carbonyl (C=O) groups is 1. The van der Waals surface area contributed by atoms with Gasteiger partial charge in [-0.3, -0.25) is 4.79 Å². The highest BCUT2D eigenvalue weighted by Crippen LogP contribution is 2.68. The topological polar surface area (TPSA) is 87.6 Å². The number of nitrogens with two attached hydrogens (primary N) is 2. The molecule has 0 spiro atoms. The minimum absolute atomic E-state index is 0.0690. The number of benzene rings is 2. The molecule has 0 aliphatic heterocycles. The summed E-state index contributed by atoms with van der Waals surface area (Å²) in [6.07, 6.45) is 24.1. The molecule has 0 aromatic heterocycles. The second-order valence-electron chi connectivity index (χ2n) is 19.0. The van der Waals surface area contributed by atoms with Crippen molar-refractivity contribution in [1.82, 2.24) is 0 Å². The minimum atomic E-state index is -0.0690. The Balaban J connectivity index is 0.878. The average molecular weight is 711 g/mol. The van der Waals surface area contributed by atoms with Gasteiger partial charge in [-0.2, -0.15) is 0 Å². The van der Waals surface area contributed by atoms with E-state index in [1.165, 1.54) is 102 Å². The van der Waals surface area contributed by atoms with Crippen molar-refractivity contribution in [2.45, 2.75) is 162 Å². The fourth-order valence-electron chi connectivity index (χ4n) is 13.2. The van der Waals surface area contributed by atoms with Gasteiger partial charge >= 0.3 is 5.97 Å². The summed E-state index contributed by atoms with van der Waals surface area (Å²) in [4.78, 5) is 13.1. The van der Waals surface area contributed by atoms with Crippen molar-refractivity contribution in [3.63, 3.8) is 0 Å². The van der Waals surface area contributed by atoms with Crippen LogP contribution in [-0.2, 0) is 4.79 Å². The highest BCUT2D eigenvalue weighted by Gasteiger charge is 2.60. The zero-order chi connectivity index (χ0) is 36.5. The van der Waals surface area contributed by atoms with Crippen LogP contribution in [0.1, 0.15) is 161 Å². The van der Waals surface area contributed by atoms with Gasteiger partial charge < -0.3 is 20.9 Å². The normalized spacial score (nSPS) is 36.2. The van der Waals surface area contributed by atoms with E-state index in [-0.39, 0.29) is 12.1 Å². The van der Waals surface area contributed by atoms with Gasteiger partial charge in [0.2, 0.25) is 0 Å². The van der Waals surface area contributed by atoms with Gasteiger partial charge in [-0.1, -0.05) is 65.5 Å². The van der Waals surface area contributed by atoms with E-state index >= 15 is 0 Å². The summed E-state index contributed by atoms with van der Waals surface area (Å²) >= 11 is 0. The monoisotopic (exact) mass is 711 g/mol. The molecule has 2 unspecified atom stereocenters. The Hall–Kier alpha value is -2.69. The molecular weight excluding hydrogens is 641 g/mol. The lowest BCUT2D eigenvalue weighted by atomic mass is 9.44. The molecule has 7 rings (SSSR count). The Labute approximate surface area is 315 Å². The maximum Gasteiger partial charge on any atom is 0.311 e. The summed E-state index contributed by atoms with van der Waals surface area (Å²) < 4.78 is 12.4. The highest BCUT2D eigenvalue weighted by atomic mass is 16.5. The molecule has 5 aliphatic rings. The molecule has 52 heavy (non-hydrogen) atoms. The molecule has 5 saturated carbocycles. The molecular formula is C47H70N2O3. The van der Waals surface area contributed by atoms with Crippen LogP contribution in [0.25, 0.3) is 0 Å². The van der Waals surface area contributed by atoms with Crippen LogP contribution in [0.2, 0.25) is 0 Å². The fraction of sp³-hybridized carbons (Fsp3) is 0.723. The molecule has 5 heteroatoms. The number of carbonyl (C=O) groups excluding carboxylic acids is 1. The molecule has 9 atom stereocenters. The van der Waals surface area contributed by atoms with E-state index in [2.05, 4.69) is 39.8 Å². The molecule has 0 radical (unpaired) electrons. The van der Waals surface area contributed by atoms with Crippen molar-refractivity contribution in [2.24, 2.45) is 52.3 Å². The summed E-state index contributed by atoms with van der Waals surface area (Å²) in [5.41, 5.74) is 15.7. The van der Waals surface area contributed by atoms with Crippen molar-refractivity contribution in [2.75, 3.05) is 11.5 Å². The van der Waals surface area contributed by atoms with Gasteiger partial charge in [0.25, 0.3) is 0 Å². The number of hydrogen-bond acceptors (Lipinski definition) is 5. The van der Waals surface area contributed by atoms with Gasteiger partial charge in [0, 0.05) is 12.1 Å². The molecule has 2 aromatic rings. The molecule has 0 saturated heterocycles. The number of fused-ring (bicyclic) bond motifs is 5. The first-order valence-corrected chi connectivity index (χ1v) is 21.7. The Bertz CT molecular complexity index is 1500. The van der Waals surface area contributed by atoms with Crippen molar-refractivity contribution in [1.29, 1.82) is 0 Å². The molecule has 2 aromatic carbocycles. The van der Waals surface area contributed by atoms with E-state index in [4.69, 9.17) is 20.9 Å². The number of anilines is 2. The smallest absolute Gasteiger partial charge is 0.311 e. The third kappa shape index (κ3) is 7.76. The van der Waals surface area contributed by atoms with E-state index in [0.29, 0.717) is 52.1 Å². The van der Waals surface area contributed by atoms with Crippen LogP contribution in [0.15, 0.2) is 42.5 Å². The van der Waals surface area contributed by atoms with Gasteiger partial charge in [0.05, 0.1) is 11.8 Å². The number of nitrogen functional groups attached to an aromatic ring is 2. The molecule has 5 aliphatic carbocycles. The predicted molar refractivity (Wildman–Crippen MR) is 214 cm³/mol. The molecule has 0 bridgehead atoms. The SMILES string of the molecule is CCCCCC1CCC(c2ccc(OC(=O)CC[C@@H](C)[C@H]3CC[C@H]4[C@@H]5CCC6CC(Oc7ccc(N)cc7N)CC[C@]6(C)[C@H]5CC[C@]34C)cc2)CC1. The van der Waals surface area contributed by atoms with Crippen molar-refractivity contribution in [3.8, 4) is 11.5 Å². The lowest BCUT2D eigenvalue weighted by Crippen LogP contribution is -2.54. The van der Waals surface area contributed by atoms with Crippen LogP contribution in [0, 0.1) is 52.3 Å². The zero-order valence-electron chi connectivity index (χ0n) is 33.1. The van der Waals surface area contributed by atoms with Gasteiger partial charge in [0.15, 0.2) is 0 Å². The largest absolute Gasteiger partial charge is 0.488 e. The highest BCUT2D eigenvalue weighted by molar-refractivity contribution is 5.72. The van der Waals surface area contributed by atoms with Crippen LogP contribution in [0.5, 0.6) is 11.5 Å². The Morgan fingerprint density at radius 2 is 1.60 bits per heavy atom. The first-order valence-electron chi connectivity index (χ1n) is 21.7. The lowest BCUT2D eigenvalue weighted by molar-refractivity contribution is -0.135. The van der Waals surface area contributed by atoms with Gasteiger partial charge in [-0.05, 0) is 184 Å². The first kappa shape index (κ1) is 37.6. The summed E-state index contributed by atoms with van der Waals surface area (Å²) in [6, 6.07) is 14.2. The van der Waals surface area contributed by atoms with Gasteiger partial charge in [-0.15, -0.1) is 0 Å². The number of esters is 1. The van der Waals surface area contributed by atoms with Crippen molar-refractivity contribution in [3.05, 3.63) is 48.0 Å². The quantitative estimate of drug-likeness (QED) is 0.0991. The molecule has 0 heterocycles. The average Bonchev–Trinajstić information content (AvgIpc) is 3.50. The third-order valence-electron chi connectivity index (χ3n) is 16.2. The summed E-state index contributed by atoms with van der Waals surface area (Å²) in [7, 11) is 0. The van der Waals surface area contributed by atoms with Gasteiger partial charge in [-0.25, -0.2) is 0 Å². The van der Waals surface area contributed by atoms with Crippen LogP contribution in [-0.4, -0.2) is 12.1 Å². The van der Waals surface area contributed by atoms with E-state index in [9.17, 15) is 4.79 Å². The predicted octanol–water partition coefficient (Wildman–Crippen LogP) is 12.1. The van der Waals surface area contributed by atoms with Crippen LogP contribution in [0.3, 0.4) is 0 Å². The standard InChI is InChI=1S/C47H70N2O3/c1-5-6-7-8-32-10-12-33(13-11-32)34-14-18-37(19-15-34)52-45(50)24-9-31(2)40-21-22-41-39-20-16-35-29-38(51-44-23-17-36(48)30-43(44)49)25-27-46(35,3)42(39)26-28-47(40,41)4/h14-15,17-19,23,30-33,35,38-42H,5-13,16,20-22,24-29,48-49H2,1-4H3/t31-,32?,33?,35?,38?,39+,40-,41+,42+,46+,47-/m1/s1. The van der Waals surface area contributed by atoms with E-state index in [1.807, 2.05) is 30.3 Å². The molecule has 4 N–H and O–H groups in total. The van der Waals surface area contributed by atoms with Crippen molar-refractivity contribution < 1.29 is 14.3 Å². The van der Waals surface area contributed by atoms with E-state index in [1.54, 1.807) is 0 Å². The van der Waals surface area contributed by atoms with Crippen LogP contribution < -0.4 is 20.9 Å². The fourth-order valence-corrected chi connectivity index (χ4v) is 13.2. The number of ether oxygens (including phenoxy) is 2. The van der Waals surface area contributed by atoms with Gasteiger partial charge in [0.1, 0.15) is 11.5 Å². The molecule has 5 nitrogen and oxygen atoms in total. The lowest BCUT2D eigenvalue weighted by Gasteiger charge is -2.61. The maximum atomic E-state index is 13.1. The Morgan fingerprint density at radius 1 is 0.846 bits per heavy atom. The summed E-state index contributed by atoms with van der Waals surface area (Å²) in [6.45, 7) is 10.00. The third-order valence-corrected chi connectivity index (χ3v) is 16.2. The first-order chi connectivity index (χ1) is 25.1. The van der Waals surface area contributed by atoms with E-state index < -0.39 is 0 Å². The summed E-state index contributed by atoms with van der Waals surface area (Å²) in [5.74, 6) is 7.48. The Kier molecular flexibility index (Phi) is 11.5. The zero-order valence-corrected chi connectivity index (χ0v) is 33.1. The second-order valence-corrected chi connectivity index (χ2v) is 19.0. The molecule has 5 fully saturated rings.